The number of aromatic nitrogens is 1. The van der Waals surface area contributed by atoms with Crippen LogP contribution in [0.5, 0.6) is 0 Å². The Morgan fingerprint density at radius 2 is 2.35 bits per heavy atom. The maximum atomic E-state index is 11.0. The molecule has 1 fully saturated rings. The minimum absolute atomic E-state index is 0.0191. The summed E-state index contributed by atoms with van der Waals surface area (Å²) in [5.41, 5.74) is 0.978. The number of terminal acetylenes is 1. The molecule has 0 spiro atoms. The van der Waals surface area contributed by atoms with Crippen LogP contribution in [0.4, 0.5) is 0 Å². The molecule has 1 aliphatic rings. The molecule has 1 aromatic heterocycles. The van der Waals surface area contributed by atoms with Gasteiger partial charge in [-0.25, -0.2) is 0 Å². The highest BCUT2D eigenvalue weighted by atomic mass is 32.1. The molecule has 0 unspecified atom stereocenters. The minimum Gasteiger partial charge on any atom is -0.315 e. The first-order valence-electron chi connectivity index (χ1n) is 5.84. The highest BCUT2D eigenvalue weighted by Gasteiger charge is 2.17. The second-order valence-electron chi connectivity index (χ2n) is 4.31. The molecule has 0 saturated carbocycles. The molecule has 0 atom stereocenters. The quantitative estimate of drug-likeness (QED) is 0.771. The van der Waals surface area contributed by atoms with Crippen LogP contribution in [0.15, 0.2) is 10.2 Å². The standard InChI is InChI=1S/C12H17N3OS/c1-2-5-15-6-3-10(4-7-15)13-8-11-9-17-12(16)14-11/h1,9-10,13H,3-8H2,(H,14,16). The number of piperidine rings is 1. The van der Waals surface area contributed by atoms with Crippen molar-refractivity contribution in [2.75, 3.05) is 19.6 Å². The lowest BCUT2D eigenvalue weighted by atomic mass is 10.1. The summed E-state index contributed by atoms with van der Waals surface area (Å²) in [6.45, 7) is 3.62. The van der Waals surface area contributed by atoms with Crippen molar-refractivity contribution in [1.82, 2.24) is 15.2 Å². The second kappa shape index (κ2) is 6.01. The van der Waals surface area contributed by atoms with Crippen LogP contribution in [0.25, 0.3) is 0 Å². The van der Waals surface area contributed by atoms with Gasteiger partial charge >= 0.3 is 4.87 Å². The number of hydrogen-bond donors (Lipinski definition) is 2. The smallest absolute Gasteiger partial charge is 0.304 e. The van der Waals surface area contributed by atoms with E-state index in [9.17, 15) is 4.79 Å². The Bertz CT molecular complexity index is 437. The molecule has 0 aliphatic carbocycles. The summed E-state index contributed by atoms with van der Waals surface area (Å²) in [7, 11) is 0. The molecule has 2 rings (SSSR count). The fourth-order valence-corrected chi connectivity index (χ4v) is 2.66. The number of hydrogen-bond acceptors (Lipinski definition) is 4. The maximum absolute atomic E-state index is 11.0. The zero-order valence-electron chi connectivity index (χ0n) is 9.74. The highest BCUT2D eigenvalue weighted by molar-refractivity contribution is 7.07. The number of likely N-dealkylation sites (tertiary alicyclic amines) is 1. The van der Waals surface area contributed by atoms with Crippen molar-refractivity contribution in [3.8, 4) is 12.3 Å². The molecule has 1 aliphatic heterocycles. The fourth-order valence-electron chi connectivity index (χ4n) is 2.08. The van der Waals surface area contributed by atoms with Crippen LogP contribution in [-0.2, 0) is 6.54 Å². The van der Waals surface area contributed by atoms with Crippen molar-refractivity contribution >= 4 is 11.3 Å². The monoisotopic (exact) mass is 251 g/mol. The molecule has 92 valence electrons. The third kappa shape index (κ3) is 3.70. The largest absolute Gasteiger partial charge is 0.315 e. The lowest BCUT2D eigenvalue weighted by molar-refractivity contribution is 0.217. The van der Waals surface area contributed by atoms with Gasteiger partial charge in [0.1, 0.15) is 0 Å². The molecule has 2 heterocycles. The van der Waals surface area contributed by atoms with Crippen LogP contribution in [0.1, 0.15) is 18.5 Å². The van der Waals surface area contributed by atoms with Crippen LogP contribution in [0.3, 0.4) is 0 Å². The van der Waals surface area contributed by atoms with Gasteiger partial charge in [-0.2, -0.15) is 0 Å². The first kappa shape index (κ1) is 12.4. The van der Waals surface area contributed by atoms with Crippen molar-refractivity contribution in [3.05, 3.63) is 20.7 Å². The molecule has 0 radical (unpaired) electrons. The van der Waals surface area contributed by atoms with Crippen LogP contribution in [0.2, 0.25) is 0 Å². The van der Waals surface area contributed by atoms with Gasteiger partial charge < -0.3 is 10.3 Å². The van der Waals surface area contributed by atoms with E-state index in [0.29, 0.717) is 6.04 Å². The summed E-state index contributed by atoms with van der Waals surface area (Å²) in [5.74, 6) is 2.68. The van der Waals surface area contributed by atoms with E-state index in [4.69, 9.17) is 6.42 Å². The molecule has 0 amide bonds. The Hall–Kier alpha value is -1.09. The number of rotatable bonds is 4. The predicted molar refractivity (Wildman–Crippen MR) is 70.1 cm³/mol. The molecule has 1 saturated heterocycles. The fraction of sp³-hybridized carbons (Fsp3) is 0.583. The molecule has 2 N–H and O–H groups in total. The average Bonchev–Trinajstić information content (AvgIpc) is 2.75. The van der Waals surface area contributed by atoms with Crippen molar-refractivity contribution < 1.29 is 0 Å². The Morgan fingerprint density at radius 3 is 2.94 bits per heavy atom. The Morgan fingerprint density at radius 1 is 1.59 bits per heavy atom. The molecule has 1 aromatic rings. The van der Waals surface area contributed by atoms with E-state index in [-0.39, 0.29) is 4.87 Å². The van der Waals surface area contributed by atoms with Crippen molar-refractivity contribution in [1.29, 1.82) is 0 Å². The number of aromatic amines is 1. The van der Waals surface area contributed by atoms with Gasteiger partial charge in [-0.3, -0.25) is 9.69 Å². The zero-order valence-corrected chi connectivity index (χ0v) is 10.6. The van der Waals surface area contributed by atoms with Gasteiger partial charge in [0.2, 0.25) is 0 Å². The lowest BCUT2D eigenvalue weighted by Crippen LogP contribution is -2.42. The van der Waals surface area contributed by atoms with Gasteiger partial charge in [0, 0.05) is 36.8 Å². The third-order valence-corrected chi connectivity index (χ3v) is 3.77. The van der Waals surface area contributed by atoms with E-state index in [2.05, 4.69) is 21.1 Å². The van der Waals surface area contributed by atoms with E-state index in [1.807, 2.05) is 5.38 Å². The van der Waals surface area contributed by atoms with E-state index >= 15 is 0 Å². The second-order valence-corrected chi connectivity index (χ2v) is 5.15. The summed E-state index contributed by atoms with van der Waals surface area (Å²) >= 11 is 1.22. The molecule has 17 heavy (non-hydrogen) atoms. The molecule has 5 heteroatoms. The first-order chi connectivity index (χ1) is 8.28. The molecule has 0 bridgehead atoms. The van der Waals surface area contributed by atoms with Crippen LogP contribution in [-0.4, -0.2) is 35.6 Å². The van der Waals surface area contributed by atoms with Gasteiger partial charge in [0.05, 0.1) is 6.54 Å². The van der Waals surface area contributed by atoms with Crippen LogP contribution >= 0.6 is 11.3 Å². The molecular weight excluding hydrogens is 234 g/mol. The summed E-state index contributed by atoms with van der Waals surface area (Å²) in [6.07, 6.45) is 7.53. The third-order valence-electron chi connectivity index (χ3n) is 3.05. The first-order valence-corrected chi connectivity index (χ1v) is 6.72. The summed E-state index contributed by atoms with van der Waals surface area (Å²) in [4.78, 5) is 16.1. The van der Waals surface area contributed by atoms with Gasteiger partial charge in [-0.1, -0.05) is 17.3 Å². The zero-order chi connectivity index (χ0) is 12.1. The van der Waals surface area contributed by atoms with E-state index in [0.717, 1.165) is 44.7 Å². The lowest BCUT2D eigenvalue weighted by Gasteiger charge is -2.31. The minimum atomic E-state index is 0.0191. The van der Waals surface area contributed by atoms with Gasteiger partial charge in [-0.05, 0) is 12.8 Å². The summed E-state index contributed by atoms with van der Waals surface area (Å²) < 4.78 is 0. The number of nitrogens with zero attached hydrogens (tertiary/aromatic N) is 1. The maximum Gasteiger partial charge on any atom is 0.304 e. The average molecular weight is 251 g/mol. The van der Waals surface area contributed by atoms with E-state index < -0.39 is 0 Å². The number of thiazole rings is 1. The van der Waals surface area contributed by atoms with Gasteiger partial charge in [0.25, 0.3) is 0 Å². The molecule has 0 aromatic carbocycles. The van der Waals surface area contributed by atoms with E-state index in [1.54, 1.807) is 0 Å². The van der Waals surface area contributed by atoms with Crippen molar-refractivity contribution in [2.45, 2.75) is 25.4 Å². The van der Waals surface area contributed by atoms with Gasteiger partial charge in [0.15, 0.2) is 0 Å². The SMILES string of the molecule is C#CCN1CCC(NCc2csc(=O)[nH]2)CC1. The van der Waals surface area contributed by atoms with Crippen LogP contribution in [0, 0.1) is 12.3 Å². The summed E-state index contributed by atoms with van der Waals surface area (Å²) in [5, 5.41) is 5.35. The Labute approximate surface area is 105 Å². The Kier molecular flexibility index (Phi) is 4.37. The Balaban J connectivity index is 1.72. The summed E-state index contributed by atoms with van der Waals surface area (Å²) in [6, 6.07) is 0.535. The predicted octanol–water partition coefficient (Wildman–Crippen LogP) is 0.624. The topological polar surface area (TPSA) is 48.1 Å². The highest BCUT2D eigenvalue weighted by Crippen LogP contribution is 2.10. The van der Waals surface area contributed by atoms with Gasteiger partial charge in [-0.15, -0.1) is 6.42 Å². The molecular formula is C12H17N3OS. The number of nitrogens with one attached hydrogen (secondary N) is 2. The normalized spacial score (nSPS) is 18.1. The van der Waals surface area contributed by atoms with Crippen molar-refractivity contribution in [3.63, 3.8) is 0 Å². The van der Waals surface area contributed by atoms with Crippen LogP contribution < -0.4 is 10.2 Å². The van der Waals surface area contributed by atoms with E-state index in [1.165, 1.54) is 11.3 Å². The molecule has 4 nitrogen and oxygen atoms in total. The number of H-pyrrole nitrogens is 1. The van der Waals surface area contributed by atoms with Crippen molar-refractivity contribution in [2.24, 2.45) is 0 Å².